The number of thiophene rings is 1. The second kappa shape index (κ2) is 4.63. The fourth-order valence-electron chi connectivity index (χ4n) is 2.53. The van der Waals surface area contributed by atoms with Crippen molar-refractivity contribution >= 4 is 11.3 Å². The zero-order valence-corrected chi connectivity index (χ0v) is 10.4. The van der Waals surface area contributed by atoms with E-state index in [1.165, 1.54) is 11.1 Å². The Morgan fingerprint density at radius 2 is 2.06 bits per heavy atom. The van der Waals surface area contributed by atoms with Gasteiger partial charge < -0.3 is 5.11 Å². The second-order valence-electron chi connectivity index (χ2n) is 4.82. The van der Waals surface area contributed by atoms with Crippen molar-refractivity contribution in [3.8, 4) is 0 Å². The van der Waals surface area contributed by atoms with Gasteiger partial charge >= 0.3 is 0 Å². The molecule has 0 radical (unpaired) electrons. The van der Waals surface area contributed by atoms with Crippen molar-refractivity contribution in [1.29, 1.82) is 0 Å². The molecule has 88 valence electrons. The van der Waals surface area contributed by atoms with Crippen LogP contribution in [0.3, 0.4) is 0 Å². The van der Waals surface area contributed by atoms with E-state index < -0.39 is 0 Å². The van der Waals surface area contributed by atoms with Gasteiger partial charge in [0.15, 0.2) is 0 Å². The molecule has 1 aliphatic rings. The lowest BCUT2D eigenvalue weighted by molar-refractivity contribution is 0.149. The third-order valence-corrected chi connectivity index (χ3v) is 4.32. The molecule has 1 N–H and O–H groups in total. The topological polar surface area (TPSA) is 20.2 Å². The Labute approximate surface area is 106 Å². The largest absolute Gasteiger partial charge is 0.392 e. The summed E-state index contributed by atoms with van der Waals surface area (Å²) in [5.41, 5.74) is 2.64. The molecule has 3 unspecified atom stereocenters. The molecule has 3 atom stereocenters. The van der Waals surface area contributed by atoms with Crippen LogP contribution in [-0.2, 0) is 6.42 Å². The summed E-state index contributed by atoms with van der Waals surface area (Å²) in [6.45, 7) is 0. The maximum absolute atomic E-state index is 10.2. The van der Waals surface area contributed by atoms with E-state index >= 15 is 0 Å². The Hall–Kier alpha value is -1.12. The lowest BCUT2D eigenvalue weighted by Crippen LogP contribution is -2.13. The summed E-state index contributed by atoms with van der Waals surface area (Å²) in [6, 6.07) is 12.6. The zero-order chi connectivity index (χ0) is 11.7. The number of hydrogen-bond donors (Lipinski definition) is 1. The lowest BCUT2D eigenvalue weighted by atomic mass is 10.0. The lowest BCUT2D eigenvalue weighted by Gasteiger charge is -2.09. The minimum atomic E-state index is -0.185. The van der Waals surface area contributed by atoms with Crippen LogP contribution in [0, 0.1) is 5.92 Å². The summed E-state index contributed by atoms with van der Waals surface area (Å²) in [5.74, 6) is 1.03. The van der Waals surface area contributed by atoms with Crippen molar-refractivity contribution in [1.82, 2.24) is 0 Å². The van der Waals surface area contributed by atoms with Gasteiger partial charge in [0.05, 0.1) is 6.10 Å². The summed E-state index contributed by atoms with van der Waals surface area (Å²) in [6.07, 6.45) is 1.75. The van der Waals surface area contributed by atoms with Gasteiger partial charge in [-0.2, -0.15) is 11.3 Å². The maximum atomic E-state index is 10.2. The quantitative estimate of drug-likeness (QED) is 0.873. The smallest absolute Gasteiger partial charge is 0.0615 e. The minimum Gasteiger partial charge on any atom is -0.392 e. The molecule has 1 aromatic heterocycles. The van der Waals surface area contributed by atoms with E-state index in [4.69, 9.17) is 0 Å². The minimum absolute atomic E-state index is 0.185. The van der Waals surface area contributed by atoms with Crippen molar-refractivity contribution in [2.75, 3.05) is 0 Å². The van der Waals surface area contributed by atoms with Crippen molar-refractivity contribution in [2.45, 2.75) is 24.9 Å². The monoisotopic (exact) mass is 244 g/mol. The van der Waals surface area contributed by atoms with E-state index in [2.05, 4.69) is 41.1 Å². The number of benzene rings is 1. The van der Waals surface area contributed by atoms with Crippen LogP contribution in [0.5, 0.6) is 0 Å². The summed E-state index contributed by atoms with van der Waals surface area (Å²) in [5, 5.41) is 14.4. The molecule has 2 aromatic rings. The van der Waals surface area contributed by atoms with Gasteiger partial charge in [-0.05, 0) is 52.6 Å². The van der Waals surface area contributed by atoms with Gasteiger partial charge in [-0.25, -0.2) is 0 Å². The molecule has 0 bridgehead atoms. The van der Waals surface area contributed by atoms with E-state index in [0.717, 1.165) is 12.8 Å². The highest BCUT2D eigenvalue weighted by molar-refractivity contribution is 7.07. The van der Waals surface area contributed by atoms with E-state index in [0.29, 0.717) is 11.8 Å². The van der Waals surface area contributed by atoms with E-state index in [1.807, 2.05) is 6.07 Å². The average Bonchev–Trinajstić information content (AvgIpc) is 3.02. The highest BCUT2D eigenvalue weighted by Gasteiger charge is 2.42. The molecule has 1 saturated carbocycles. The van der Waals surface area contributed by atoms with Gasteiger partial charge in [-0.15, -0.1) is 0 Å². The zero-order valence-electron chi connectivity index (χ0n) is 9.62. The molecule has 17 heavy (non-hydrogen) atoms. The van der Waals surface area contributed by atoms with Gasteiger partial charge in [-0.1, -0.05) is 30.3 Å². The summed E-state index contributed by atoms with van der Waals surface area (Å²) in [4.78, 5) is 0. The maximum Gasteiger partial charge on any atom is 0.0615 e. The predicted octanol–water partition coefficient (Wildman–Crippen LogP) is 3.46. The van der Waals surface area contributed by atoms with Crippen molar-refractivity contribution in [2.24, 2.45) is 5.92 Å². The molecule has 0 aliphatic heterocycles. The summed E-state index contributed by atoms with van der Waals surface area (Å²) in [7, 11) is 0. The van der Waals surface area contributed by atoms with E-state index in [9.17, 15) is 5.11 Å². The summed E-state index contributed by atoms with van der Waals surface area (Å²) < 4.78 is 0. The van der Waals surface area contributed by atoms with Crippen molar-refractivity contribution in [3.05, 3.63) is 58.3 Å². The Balaban J connectivity index is 1.61. The number of aliphatic hydroxyl groups excluding tert-OH is 1. The Morgan fingerprint density at radius 3 is 2.76 bits per heavy atom. The molecule has 1 aliphatic carbocycles. The highest BCUT2D eigenvalue weighted by atomic mass is 32.1. The first-order chi connectivity index (χ1) is 8.34. The van der Waals surface area contributed by atoms with E-state index in [1.54, 1.807) is 11.3 Å². The molecule has 1 fully saturated rings. The third-order valence-electron chi connectivity index (χ3n) is 3.59. The molecular weight excluding hydrogens is 228 g/mol. The normalized spacial score (nSPS) is 24.5. The fraction of sp³-hybridized carbons (Fsp3) is 0.333. The molecule has 0 amide bonds. The van der Waals surface area contributed by atoms with Crippen LogP contribution in [0.2, 0.25) is 0 Å². The molecule has 0 saturated heterocycles. The number of aliphatic hydroxyl groups is 1. The molecule has 1 aromatic carbocycles. The molecule has 1 heterocycles. The fourth-order valence-corrected chi connectivity index (χ4v) is 3.21. The number of rotatable bonds is 4. The second-order valence-corrected chi connectivity index (χ2v) is 5.60. The Bertz CT molecular complexity index is 463. The van der Waals surface area contributed by atoms with Crippen molar-refractivity contribution < 1.29 is 5.11 Å². The average molecular weight is 244 g/mol. The first-order valence-electron chi connectivity index (χ1n) is 6.08. The first kappa shape index (κ1) is 11.0. The Kier molecular flexibility index (Phi) is 3.00. The van der Waals surface area contributed by atoms with Gasteiger partial charge in [0, 0.05) is 0 Å². The van der Waals surface area contributed by atoms with Gasteiger partial charge in [0.1, 0.15) is 0 Å². The van der Waals surface area contributed by atoms with Crippen LogP contribution in [-0.4, -0.2) is 11.2 Å². The van der Waals surface area contributed by atoms with Crippen LogP contribution < -0.4 is 0 Å². The molecule has 2 heteroatoms. The van der Waals surface area contributed by atoms with Crippen LogP contribution in [0.15, 0.2) is 47.2 Å². The van der Waals surface area contributed by atoms with Gasteiger partial charge in [-0.3, -0.25) is 0 Å². The van der Waals surface area contributed by atoms with Gasteiger partial charge in [0.25, 0.3) is 0 Å². The third kappa shape index (κ3) is 2.43. The first-order valence-corrected chi connectivity index (χ1v) is 7.03. The Morgan fingerprint density at radius 1 is 1.24 bits per heavy atom. The van der Waals surface area contributed by atoms with Gasteiger partial charge in [0.2, 0.25) is 0 Å². The number of hydrogen-bond acceptors (Lipinski definition) is 2. The van der Waals surface area contributed by atoms with Crippen LogP contribution >= 0.6 is 11.3 Å². The van der Waals surface area contributed by atoms with Crippen LogP contribution in [0.1, 0.15) is 23.5 Å². The SMILES string of the molecule is OC(Cc1ccsc1)C1CC1c1ccccc1. The molecule has 1 nitrogen and oxygen atoms in total. The standard InChI is InChI=1S/C15H16OS/c16-15(8-11-6-7-17-10-11)14-9-13(14)12-4-2-1-3-5-12/h1-7,10,13-16H,8-9H2. The molecule has 0 spiro atoms. The predicted molar refractivity (Wildman–Crippen MR) is 71.3 cm³/mol. The summed E-state index contributed by atoms with van der Waals surface area (Å²) >= 11 is 1.70. The molecule has 3 rings (SSSR count). The van der Waals surface area contributed by atoms with E-state index in [-0.39, 0.29) is 6.10 Å². The van der Waals surface area contributed by atoms with Crippen LogP contribution in [0.25, 0.3) is 0 Å². The highest BCUT2D eigenvalue weighted by Crippen LogP contribution is 2.50. The van der Waals surface area contributed by atoms with Crippen LogP contribution in [0.4, 0.5) is 0 Å². The molecular formula is C15H16OS. The van der Waals surface area contributed by atoms with Crippen molar-refractivity contribution in [3.63, 3.8) is 0 Å².